The average molecular weight is 366 g/mol. The zero-order valence-electron chi connectivity index (χ0n) is 15.1. The van der Waals surface area contributed by atoms with E-state index in [1.165, 1.54) is 0 Å². The Balaban J connectivity index is 1.64. The van der Waals surface area contributed by atoms with Gasteiger partial charge in [-0.1, -0.05) is 43.3 Å². The van der Waals surface area contributed by atoms with Gasteiger partial charge in [0.1, 0.15) is 11.8 Å². The molecular weight excluding hydrogens is 344 g/mol. The summed E-state index contributed by atoms with van der Waals surface area (Å²) < 4.78 is 5.56. The lowest BCUT2D eigenvalue weighted by Gasteiger charge is -2.15. The Morgan fingerprint density at radius 2 is 1.85 bits per heavy atom. The Kier molecular flexibility index (Phi) is 5.76. The van der Waals surface area contributed by atoms with E-state index in [4.69, 9.17) is 4.74 Å². The van der Waals surface area contributed by atoms with Crippen molar-refractivity contribution in [1.29, 1.82) is 0 Å². The number of H-pyrrole nitrogens is 1. The zero-order valence-corrected chi connectivity index (χ0v) is 15.1. The van der Waals surface area contributed by atoms with Crippen molar-refractivity contribution in [2.45, 2.75) is 25.8 Å². The van der Waals surface area contributed by atoms with Gasteiger partial charge in [-0.15, -0.1) is 0 Å². The van der Waals surface area contributed by atoms with Crippen LogP contribution in [0.25, 0.3) is 10.9 Å². The Labute approximate surface area is 157 Å². The third kappa shape index (κ3) is 4.47. The predicted octanol–water partition coefficient (Wildman–Crippen LogP) is 2.92. The maximum atomic E-state index is 12.2. The van der Waals surface area contributed by atoms with Gasteiger partial charge in [-0.05, 0) is 29.7 Å². The van der Waals surface area contributed by atoms with Crippen molar-refractivity contribution in [1.82, 2.24) is 10.3 Å². The van der Waals surface area contributed by atoms with Gasteiger partial charge in [0.05, 0.1) is 0 Å². The van der Waals surface area contributed by atoms with Gasteiger partial charge in [-0.2, -0.15) is 0 Å². The van der Waals surface area contributed by atoms with Crippen LogP contribution in [-0.2, 0) is 22.4 Å². The summed E-state index contributed by atoms with van der Waals surface area (Å²) in [6.07, 6.45) is 2.76. The molecule has 6 heteroatoms. The molecule has 3 rings (SSSR count). The van der Waals surface area contributed by atoms with Crippen LogP contribution in [0, 0.1) is 0 Å². The van der Waals surface area contributed by atoms with Gasteiger partial charge in [0.2, 0.25) is 0 Å². The normalized spacial score (nSPS) is 11.9. The van der Waals surface area contributed by atoms with Crippen LogP contribution in [-0.4, -0.2) is 34.6 Å². The molecule has 2 aromatic carbocycles. The fourth-order valence-corrected chi connectivity index (χ4v) is 3.04. The molecule has 0 aliphatic carbocycles. The smallest absolute Gasteiger partial charge is 0.326 e. The van der Waals surface area contributed by atoms with E-state index in [1.807, 2.05) is 49.4 Å². The largest absolute Gasteiger partial charge is 0.483 e. The lowest BCUT2D eigenvalue weighted by atomic mass is 10.1. The number of amides is 1. The molecule has 3 N–H and O–H groups in total. The first-order valence-electron chi connectivity index (χ1n) is 8.86. The van der Waals surface area contributed by atoms with Crippen LogP contribution in [0.1, 0.15) is 18.1 Å². The minimum atomic E-state index is -1.08. The van der Waals surface area contributed by atoms with Gasteiger partial charge in [0.15, 0.2) is 6.61 Å². The summed E-state index contributed by atoms with van der Waals surface area (Å²) in [5.41, 5.74) is 2.77. The number of benzene rings is 2. The van der Waals surface area contributed by atoms with E-state index in [0.717, 1.165) is 28.5 Å². The number of rotatable bonds is 8. The van der Waals surface area contributed by atoms with Gasteiger partial charge < -0.3 is 20.1 Å². The number of hydrogen-bond donors (Lipinski definition) is 3. The second-order valence-electron chi connectivity index (χ2n) is 6.27. The molecule has 3 aromatic rings. The van der Waals surface area contributed by atoms with Crippen molar-refractivity contribution >= 4 is 22.8 Å². The van der Waals surface area contributed by atoms with Gasteiger partial charge in [0.25, 0.3) is 5.91 Å². The van der Waals surface area contributed by atoms with Crippen molar-refractivity contribution in [3.05, 3.63) is 65.9 Å². The number of carbonyl (C=O) groups excluding carboxylic acids is 1. The summed E-state index contributed by atoms with van der Waals surface area (Å²) in [6.45, 7) is 1.78. The molecule has 0 aliphatic heterocycles. The van der Waals surface area contributed by atoms with Crippen molar-refractivity contribution in [2.75, 3.05) is 6.61 Å². The van der Waals surface area contributed by atoms with Crippen molar-refractivity contribution < 1.29 is 19.4 Å². The highest BCUT2D eigenvalue weighted by molar-refractivity contribution is 5.87. The molecule has 0 saturated carbocycles. The van der Waals surface area contributed by atoms with E-state index < -0.39 is 17.9 Å². The Bertz CT molecular complexity index is 948. The fourth-order valence-electron chi connectivity index (χ4n) is 3.04. The average Bonchev–Trinajstić information content (AvgIpc) is 3.09. The van der Waals surface area contributed by atoms with E-state index in [9.17, 15) is 14.7 Å². The molecule has 27 heavy (non-hydrogen) atoms. The first-order valence-corrected chi connectivity index (χ1v) is 8.86. The lowest BCUT2D eigenvalue weighted by Crippen LogP contribution is -2.44. The van der Waals surface area contributed by atoms with Gasteiger partial charge in [-0.25, -0.2) is 4.79 Å². The third-order valence-corrected chi connectivity index (χ3v) is 4.44. The maximum Gasteiger partial charge on any atom is 0.326 e. The number of aliphatic carboxylic acids is 1. The molecule has 0 aliphatic rings. The summed E-state index contributed by atoms with van der Waals surface area (Å²) in [6, 6.07) is 14.1. The van der Waals surface area contributed by atoms with Gasteiger partial charge in [0, 0.05) is 23.5 Å². The SMILES string of the molecule is CCc1ccccc1OCC(=O)NC(Cc1c[nH]c2ccccc12)C(=O)O. The summed E-state index contributed by atoms with van der Waals surface area (Å²) >= 11 is 0. The standard InChI is InChI=1S/C21H22N2O4/c1-2-14-7-3-6-10-19(14)27-13-20(24)23-18(21(25)26)11-15-12-22-17-9-5-4-8-16(15)17/h3-10,12,18,22H,2,11,13H2,1H3,(H,23,24)(H,25,26). The van der Waals surface area contributed by atoms with E-state index in [-0.39, 0.29) is 13.0 Å². The molecular formula is C21H22N2O4. The van der Waals surface area contributed by atoms with Crippen LogP contribution in [0.3, 0.4) is 0 Å². The Morgan fingerprint density at radius 3 is 2.63 bits per heavy atom. The number of aromatic amines is 1. The molecule has 0 spiro atoms. The highest BCUT2D eigenvalue weighted by Gasteiger charge is 2.22. The number of para-hydroxylation sites is 2. The van der Waals surface area contributed by atoms with E-state index >= 15 is 0 Å². The summed E-state index contributed by atoms with van der Waals surface area (Å²) in [5, 5.41) is 13.0. The first kappa shape index (κ1) is 18.5. The Morgan fingerprint density at radius 1 is 1.11 bits per heavy atom. The minimum Gasteiger partial charge on any atom is -0.483 e. The topological polar surface area (TPSA) is 91.4 Å². The lowest BCUT2D eigenvalue weighted by molar-refractivity contribution is -0.142. The predicted molar refractivity (Wildman–Crippen MR) is 103 cm³/mol. The van der Waals surface area contributed by atoms with Gasteiger partial charge >= 0.3 is 5.97 Å². The molecule has 0 bridgehead atoms. The summed E-state index contributed by atoms with van der Waals surface area (Å²) in [7, 11) is 0. The van der Waals surface area contributed by atoms with Crippen molar-refractivity contribution in [3.8, 4) is 5.75 Å². The monoisotopic (exact) mass is 366 g/mol. The number of aromatic nitrogens is 1. The summed E-state index contributed by atoms with van der Waals surface area (Å²) in [5.74, 6) is -0.908. The second kappa shape index (κ2) is 8.40. The van der Waals surface area contributed by atoms with Crippen molar-refractivity contribution in [2.24, 2.45) is 0 Å². The van der Waals surface area contributed by atoms with Crippen LogP contribution in [0.4, 0.5) is 0 Å². The number of carboxylic acid groups (broad SMARTS) is 1. The van der Waals surface area contributed by atoms with Crippen molar-refractivity contribution in [3.63, 3.8) is 0 Å². The number of aryl methyl sites for hydroxylation is 1. The maximum absolute atomic E-state index is 12.2. The number of carboxylic acids is 1. The molecule has 1 atom stereocenters. The number of fused-ring (bicyclic) bond motifs is 1. The number of hydrogen-bond acceptors (Lipinski definition) is 3. The first-order chi connectivity index (χ1) is 13.1. The highest BCUT2D eigenvalue weighted by atomic mass is 16.5. The molecule has 6 nitrogen and oxygen atoms in total. The molecule has 0 fully saturated rings. The molecule has 1 unspecified atom stereocenters. The molecule has 0 saturated heterocycles. The highest BCUT2D eigenvalue weighted by Crippen LogP contribution is 2.20. The van der Waals surface area contributed by atoms with Gasteiger partial charge in [-0.3, -0.25) is 4.79 Å². The summed E-state index contributed by atoms with van der Waals surface area (Å²) in [4.78, 5) is 26.9. The molecule has 1 heterocycles. The number of ether oxygens (including phenoxy) is 1. The molecule has 1 aromatic heterocycles. The van der Waals surface area contributed by atoms with Crippen LogP contribution < -0.4 is 10.1 Å². The molecule has 140 valence electrons. The number of nitrogens with one attached hydrogen (secondary N) is 2. The second-order valence-corrected chi connectivity index (χ2v) is 6.27. The van der Waals surface area contributed by atoms with E-state index in [0.29, 0.717) is 5.75 Å². The van der Waals surface area contributed by atoms with E-state index in [2.05, 4.69) is 10.3 Å². The van der Waals surface area contributed by atoms with Crippen LogP contribution in [0.5, 0.6) is 5.75 Å². The quantitative estimate of drug-likeness (QED) is 0.572. The zero-order chi connectivity index (χ0) is 19.2. The number of carbonyl (C=O) groups is 2. The Hall–Kier alpha value is -3.28. The van der Waals surface area contributed by atoms with Crippen LogP contribution in [0.15, 0.2) is 54.7 Å². The van der Waals surface area contributed by atoms with E-state index in [1.54, 1.807) is 12.3 Å². The minimum absolute atomic E-state index is 0.191. The van der Waals surface area contributed by atoms with Crippen LogP contribution >= 0.6 is 0 Å². The fraction of sp³-hybridized carbons (Fsp3) is 0.238. The third-order valence-electron chi connectivity index (χ3n) is 4.44. The molecule has 0 radical (unpaired) electrons. The molecule has 1 amide bonds. The van der Waals surface area contributed by atoms with Crippen LogP contribution in [0.2, 0.25) is 0 Å².